The first-order chi connectivity index (χ1) is 8.36. The van der Waals surface area contributed by atoms with Crippen molar-refractivity contribution >= 4 is 5.71 Å². The molecule has 0 unspecified atom stereocenters. The Labute approximate surface area is 100 Å². The summed E-state index contributed by atoms with van der Waals surface area (Å²) in [6.45, 7) is 0. The minimum Gasteiger partial charge on any atom is -0.387 e. The molecule has 4 heteroatoms. The molecule has 0 amide bonds. The van der Waals surface area contributed by atoms with Gasteiger partial charge in [0.1, 0.15) is 0 Å². The fourth-order valence-corrected chi connectivity index (χ4v) is 3.43. The summed E-state index contributed by atoms with van der Waals surface area (Å²) in [6.07, 6.45) is 8.19. The Balaban J connectivity index is 1.60. The van der Waals surface area contributed by atoms with Gasteiger partial charge in [-0.15, -0.1) is 0 Å². The zero-order valence-corrected chi connectivity index (χ0v) is 9.60. The summed E-state index contributed by atoms with van der Waals surface area (Å²) in [5, 5.41) is 7.92. The summed E-state index contributed by atoms with van der Waals surface area (Å²) in [6, 6.07) is 5.13. The van der Waals surface area contributed by atoms with E-state index in [1.807, 2.05) is 12.3 Å². The fourth-order valence-electron chi connectivity index (χ4n) is 3.43. The number of hydrogen-bond acceptors (Lipinski definition) is 4. The Bertz CT molecular complexity index is 473. The van der Waals surface area contributed by atoms with Crippen molar-refractivity contribution < 1.29 is 4.84 Å². The molecule has 1 aromatic heterocycles. The van der Waals surface area contributed by atoms with E-state index in [4.69, 9.17) is 4.84 Å². The Kier molecular flexibility index (Phi) is 1.86. The van der Waals surface area contributed by atoms with Gasteiger partial charge in [0, 0.05) is 36.8 Å². The van der Waals surface area contributed by atoms with E-state index in [2.05, 4.69) is 21.5 Å². The second kappa shape index (κ2) is 3.29. The maximum Gasteiger partial charge on any atom is 0.160 e. The van der Waals surface area contributed by atoms with Crippen LogP contribution in [-0.4, -0.2) is 28.4 Å². The molecule has 0 aliphatic carbocycles. The van der Waals surface area contributed by atoms with Gasteiger partial charge < -0.3 is 10.2 Å². The normalized spacial score (nSPS) is 38.5. The Morgan fingerprint density at radius 1 is 1.41 bits per heavy atom. The van der Waals surface area contributed by atoms with Crippen molar-refractivity contribution in [3.63, 3.8) is 0 Å². The monoisotopic (exact) mass is 229 g/mol. The first-order valence-electron chi connectivity index (χ1n) is 6.27. The number of hydrogen-bond donors (Lipinski definition) is 1. The lowest BCUT2D eigenvalue weighted by atomic mass is 9.81. The van der Waals surface area contributed by atoms with Gasteiger partial charge in [-0.25, -0.2) is 0 Å². The molecule has 3 atom stereocenters. The summed E-state index contributed by atoms with van der Waals surface area (Å²) in [5.41, 5.74) is 2.08. The van der Waals surface area contributed by atoms with Gasteiger partial charge in [-0.05, 0) is 25.0 Å². The number of oxime groups is 1. The van der Waals surface area contributed by atoms with Crippen molar-refractivity contribution in [3.8, 4) is 0 Å². The molecular weight excluding hydrogens is 214 g/mol. The third-order valence-electron chi connectivity index (χ3n) is 4.27. The Morgan fingerprint density at radius 2 is 2.41 bits per heavy atom. The number of rotatable bonds is 1. The molecule has 0 aromatic carbocycles. The molecule has 3 aliphatic heterocycles. The second-order valence-electron chi connectivity index (χ2n) is 5.31. The topological polar surface area (TPSA) is 46.5 Å². The fraction of sp³-hybridized carbons (Fsp3) is 0.538. The lowest BCUT2D eigenvalue weighted by Gasteiger charge is -2.29. The van der Waals surface area contributed by atoms with Crippen molar-refractivity contribution in [2.75, 3.05) is 0 Å². The van der Waals surface area contributed by atoms with Gasteiger partial charge in [-0.2, -0.15) is 0 Å². The van der Waals surface area contributed by atoms with E-state index < -0.39 is 0 Å². The van der Waals surface area contributed by atoms with E-state index in [1.165, 1.54) is 12.8 Å². The predicted octanol–water partition coefficient (Wildman–Crippen LogP) is 1.47. The molecule has 2 fully saturated rings. The molecule has 17 heavy (non-hydrogen) atoms. The van der Waals surface area contributed by atoms with E-state index in [9.17, 15) is 0 Å². The summed E-state index contributed by atoms with van der Waals surface area (Å²) in [4.78, 5) is 9.94. The summed E-state index contributed by atoms with van der Waals surface area (Å²) < 4.78 is 0. The van der Waals surface area contributed by atoms with Gasteiger partial charge in [0.15, 0.2) is 5.60 Å². The smallest absolute Gasteiger partial charge is 0.160 e. The highest BCUT2D eigenvalue weighted by Crippen LogP contribution is 2.44. The lowest BCUT2D eigenvalue weighted by molar-refractivity contribution is -0.0358. The van der Waals surface area contributed by atoms with E-state index in [0.29, 0.717) is 12.1 Å². The van der Waals surface area contributed by atoms with Crippen LogP contribution in [-0.2, 0) is 4.84 Å². The highest BCUT2D eigenvalue weighted by Gasteiger charge is 2.56. The maximum atomic E-state index is 5.80. The molecule has 4 rings (SSSR count). The molecule has 0 radical (unpaired) electrons. The summed E-state index contributed by atoms with van der Waals surface area (Å²) in [7, 11) is 0. The zero-order valence-electron chi connectivity index (χ0n) is 9.60. The molecule has 1 aromatic rings. The van der Waals surface area contributed by atoms with Gasteiger partial charge in [0.25, 0.3) is 0 Å². The van der Waals surface area contributed by atoms with Crippen LogP contribution in [0.15, 0.2) is 29.7 Å². The minimum absolute atomic E-state index is 0.0614. The Morgan fingerprint density at radius 3 is 3.12 bits per heavy atom. The van der Waals surface area contributed by atoms with Crippen molar-refractivity contribution in [3.05, 3.63) is 30.1 Å². The summed E-state index contributed by atoms with van der Waals surface area (Å²) in [5.74, 6) is 0. The van der Waals surface area contributed by atoms with Gasteiger partial charge in [-0.3, -0.25) is 4.98 Å². The van der Waals surface area contributed by atoms with Crippen LogP contribution in [0.3, 0.4) is 0 Å². The first kappa shape index (κ1) is 9.59. The average Bonchev–Trinajstić information content (AvgIpc) is 3.06. The van der Waals surface area contributed by atoms with Gasteiger partial charge in [0.2, 0.25) is 0 Å². The van der Waals surface area contributed by atoms with Crippen molar-refractivity contribution in [1.29, 1.82) is 0 Å². The Hall–Kier alpha value is -1.42. The van der Waals surface area contributed by atoms with Gasteiger partial charge in [0.05, 0.1) is 11.8 Å². The first-order valence-corrected chi connectivity index (χ1v) is 6.27. The van der Waals surface area contributed by atoms with Gasteiger partial charge >= 0.3 is 0 Å². The highest BCUT2D eigenvalue weighted by molar-refractivity contribution is 6.01. The standard InChI is InChI=1S/C13H15N3O/c1-2-9(8-14-5-1)11-7-13(17-16-11)6-10-3-4-12(13)15-10/h1-2,5,8,10,12,15H,3-4,6-7H2/t10-,12+,13+/m0/s1. The quantitative estimate of drug-likeness (QED) is 0.793. The lowest BCUT2D eigenvalue weighted by Crippen LogP contribution is -2.42. The van der Waals surface area contributed by atoms with Crippen LogP contribution in [0.1, 0.15) is 31.2 Å². The average molecular weight is 229 g/mol. The van der Waals surface area contributed by atoms with Crippen LogP contribution in [0.4, 0.5) is 0 Å². The SMILES string of the molecule is c1cncc(C2=NO[C@@]3(C2)C[C@@H]2CC[C@H]3N2)c1. The molecule has 4 heterocycles. The number of pyridine rings is 1. The van der Waals surface area contributed by atoms with Crippen LogP contribution in [0.25, 0.3) is 0 Å². The van der Waals surface area contributed by atoms with E-state index in [-0.39, 0.29) is 5.60 Å². The van der Waals surface area contributed by atoms with Crippen molar-refractivity contribution in [2.45, 2.75) is 43.4 Å². The maximum absolute atomic E-state index is 5.80. The predicted molar refractivity (Wildman–Crippen MR) is 63.8 cm³/mol. The van der Waals surface area contributed by atoms with Crippen LogP contribution in [0.5, 0.6) is 0 Å². The second-order valence-corrected chi connectivity index (χ2v) is 5.31. The molecule has 2 bridgehead atoms. The number of aromatic nitrogens is 1. The number of nitrogens with zero attached hydrogens (tertiary/aromatic N) is 2. The molecule has 88 valence electrons. The van der Waals surface area contributed by atoms with E-state index in [1.54, 1.807) is 6.20 Å². The van der Waals surface area contributed by atoms with E-state index >= 15 is 0 Å². The van der Waals surface area contributed by atoms with Crippen LogP contribution in [0.2, 0.25) is 0 Å². The molecule has 4 nitrogen and oxygen atoms in total. The minimum atomic E-state index is -0.0614. The number of nitrogens with one attached hydrogen (secondary N) is 1. The highest BCUT2D eigenvalue weighted by atomic mass is 16.7. The van der Waals surface area contributed by atoms with Crippen LogP contribution >= 0.6 is 0 Å². The largest absolute Gasteiger partial charge is 0.387 e. The van der Waals surface area contributed by atoms with E-state index in [0.717, 1.165) is 24.1 Å². The van der Waals surface area contributed by atoms with Crippen molar-refractivity contribution in [2.24, 2.45) is 5.16 Å². The molecular formula is C13H15N3O. The zero-order chi connectivity index (χ0) is 11.3. The van der Waals surface area contributed by atoms with Crippen LogP contribution < -0.4 is 5.32 Å². The molecule has 2 saturated heterocycles. The molecule has 1 N–H and O–H groups in total. The van der Waals surface area contributed by atoms with Gasteiger partial charge in [-0.1, -0.05) is 5.16 Å². The molecule has 0 saturated carbocycles. The number of fused-ring (bicyclic) bond motifs is 3. The third kappa shape index (κ3) is 1.33. The van der Waals surface area contributed by atoms with Crippen LogP contribution in [0, 0.1) is 0 Å². The third-order valence-corrected chi connectivity index (χ3v) is 4.27. The summed E-state index contributed by atoms with van der Waals surface area (Å²) >= 11 is 0. The van der Waals surface area contributed by atoms with Crippen molar-refractivity contribution in [1.82, 2.24) is 10.3 Å². The molecule has 3 aliphatic rings. The molecule has 1 spiro atoms.